The van der Waals surface area contributed by atoms with Crippen molar-refractivity contribution in [1.82, 2.24) is 4.90 Å². The van der Waals surface area contributed by atoms with E-state index in [4.69, 9.17) is 4.74 Å². The minimum atomic E-state index is 0.290. The highest BCUT2D eigenvalue weighted by molar-refractivity contribution is 5.94. The summed E-state index contributed by atoms with van der Waals surface area (Å²) in [7, 11) is 0. The molecule has 17 heavy (non-hydrogen) atoms. The van der Waals surface area contributed by atoms with Crippen molar-refractivity contribution in [3.8, 4) is 0 Å². The molecule has 2 bridgehead atoms. The topological polar surface area (TPSA) is 45.1 Å². The van der Waals surface area contributed by atoms with Gasteiger partial charge in [0.2, 0.25) is 0 Å². The van der Waals surface area contributed by atoms with Crippen LogP contribution in [0.5, 0.6) is 0 Å². The molecule has 3 aliphatic rings. The molecule has 3 rings (SSSR count). The molecule has 0 unspecified atom stereocenters. The fourth-order valence-corrected chi connectivity index (χ4v) is 4.13. The summed E-state index contributed by atoms with van der Waals surface area (Å²) >= 11 is 0. The van der Waals surface area contributed by atoms with Crippen molar-refractivity contribution in [2.75, 3.05) is 13.1 Å². The van der Waals surface area contributed by atoms with Crippen molar-refractivity contribution in [3.05, 3.63) is 0 Å². The predicted molar refractivity (Wildman–Crippen MR) is 65.4 cm³/mol. The van der Waals surface area contributed by atoms with Crippen molar-refractivity contribution in [3.63, 3.8) is 0 Å². The van der Waals surface area contributed by atoms with Gasteiger partial charge in [-0.15, -0.1) is 0 Å². The molecule has 1 saturated heterocycles. The second-order valence-corrected chi connectivity index (χ2v) is 5.95. The third-order valence-electron chi connectivity index (χ3n) is 4.60. The molecule has 3 fully saturated rings. The number of hydrogen-bond donors (Lipinski definition) is 1. The van der Waals surface area contributed by atoms with E-state index < -0.39 is 0 Å². The first kappa shape index (κ1) is 11.5. The van der Waals surface area contributed by atoms with Gasteiger partial charge in [-0.2, -0.15) is 0 Å². The van der Waals surface area contributed by atoms with Gasteiger partial charge in [0, 0.05) is 19.0 Å². The molecule has 0 aromatic heterocycles. The van der Waals surface area contributed by atoms with Gasteiger partial charge < -0.3 is 9.94 Å². The number of nitrogens with zero attached hydrogens (tertiary/aromatic N) is 2. The van der Waals surface area contributed by atoms with Crippen molar-refractivity contribution >= 4 is 5.71 Å². The van der Waals surface area contributed by atoms with E-state index in [-0.39, 0.29) is 12.2 Å². The summed E-state index contributed by atoms with van der Waals surface area (Å²) in [5, 5.41) is 12.9. The molecule has 96 valence electrons. The fourth-order valence-electron chi connectivity index (χ4n) is 4.13. The summed E-state index contributed by atoms with van der Waals surface area (Å²) in [4.78, 5) is 2.48. The number of fused-ring (bicyclic) bond motifs is 2. The molecule has 0 spiro atoms. The smallest absolute Gasteiger partial charge is 0.0775 e. The number of hydrogen-bond acceptors (Lipinski definition) is 4. The van der Waals surface area contributed by atoms with Crippen molar-refractivity contribution in [2.45, 2.75) is 51.4 Å². The molecule has 1 heterocycles. The largest absolute Gasteiger partial charge is 0.411 e. The lowest BCUT2D eigenvalue weighted by atomic mass is 9.91. The van der Waals surface area contributed by atoms with E-state index in [0.717, 1.165) is 18.8 Å². The van der Waals surface area contributed by atoms with Gasteiger partial charge in [0.05, 0.1) is 24.0 Å². The van der Waals surface area contributed by atoms with E-state index in [2.05, 4.69) is 23.9 Å². The molecule has 5 atom stereocenters. The molecule has 0 aromatic carbocycles. The van der Waals surface area contributed by atoms with Gasteiger partial charge in [0.1, 0.15) is 0 Å². The predicted octanol–water partition coefficient (Wildman–Crippen LogP) is 1.72. The maximum atomic E-state index is 9.25. The normalized spacial score (nSPS) is 49.1. The quantitative estimate of drug-likeness (QED) is 0.559. The van der Waals surface area contributed by atoms with Crippen LogP contribution in [-0.4, -0.2) is 47.2 Å². The van der Waals surface area contributed by atoms with Crippen molar-refractivity contribution in [2.24, 2.45) is 17.0 Å². The number of ether oxygens (including phenoxy) is 1. The van der Waals surface area contributed by atoms with Crippen LogP contribution in [0, 0.1) is 11.8 Å². The molecule has 4 heteroatoms. The molecule has 4 nitrogen and oxygen atoms in total. The molecule has 0 radical (unpaired) electrons. The summed E-state index contributed by atoms with van der Waals surface area (Å²) in [5.41, 5.74) is 1.04. The van der Waals surface area contributed by atoms with Gasteiger partial charge in [-0.1, -0.05) is 5.16 Å². The summed E-state index contributed by atoms with van der Waals surface area (Å²) in [6, 6.07) is 0.382. The minimum Gasteiger partial charge on any atom is -0.411 e. The van der Waals surface area contributed by atoms with Crippen molar-refractivity contribution < 1.29 is 9.94 Å². The molecule has 1 N–H and O–H groups in total. The Kier molecular flexibility index (Phi) is 2.87. The SMILES string of the molecule is C[C@@H]1CN([C@H]2/C(=N/O)[C@H]3CC[C@@H]2C3)C[C@@H](C)O1. The average Bonchev–Trinajstić information content (AvgIpc) is 2.86. The Morgan fingerprint density at radius 2 is 1.94 bits per heavy atom. The summed E-state index contributed by atoms with van der Waals surface area (Å²) in [6.45, 7) is 6.20. The van der Waals surface area contributed by atoms with Crippen LogP contribution in [0.1, 0.15) is 33.1 Å². The van der Waals surface area contributed by atoms with Crippen LogP contribution in [0.2, 0.25) is 0 Å². The zero-order valence-electron chi connectivity index (χ0n) is 10.7. The fraction of sp³-hybridized carbons (Fsp3) is 0.923. The van der Waals surface area contributed by atoms with Crippen molar-refractivity contribution in [1.29, 1.82) is 0 Å². The van der Waals surface area contributed by atoms with E-state index in [0.29, 0.717) is 17.9 Å². The number of oxime groups is 1. The van der Waals surface area contributed by atoms with Crippen LogP contribution in [0.4, 0.5) is 0 Å². The van der Waals surface area contributed by atoms with Crippen LogP contribution in [-0.2, 0) is 4.74 Å². The average molecular weight is 238 g/mol. The second kappa shape index (κ2) is 4.25. The summed E-state index contributed by atoms with van der Waals surface area (Å²) in [6.07, 6.45) is 4.32. The maximum Gasteiger partial charge on any atom is 0.0775 e. The van der Waals surface area contributed by atoms with Crippen LogP contribution >= 0.6 is 0 Å². The lowest BCUT2D eigenvalue weighted by molar-refractivity contribution is -0.0777. The Bertz CT molecular complexity index is 321. The Balaban J connectivity index is 1.79. The zero-order valence-corrected chi connectivity index (χ0v) is 10.7. The van der Waals surface area contributed by atoms with Gasteiger partial charge in [-0.3, -0.25) is 4.90 Å². The highest BCUT2D eigenvalue weighted by atomic mass is 16.5. The van der Waals surface area contributed by atoms with Gasteiger partial charge in [-0.05, 0) is 39.0 Å². The van der Waals surface area contributed by atoms with E-state index in [1.165, 1.54) is 19.3 Å². The van der Waals surface area contributed by atoms with Gasteiger partial charge in [-0.25, -0.2) is 0 Å². The van der Waals surface area contributed by atoms with Gasteiger partial charge in [0.25, 0.3) is 0 Å². The third kappa shape index (κ3) is 1.87. The molecule has 1 aliphatic heterocycles. The molecule has 2 saturated carbocycles. The Hall–Kier alpha value is -0.610. The minimum absolute atomic E-state index is 0.290. The van der Waals surface area contributed by atoms with Gasteiger partial charge in [0.15, 0.2) is 0 Å². The standard InChI is InChI=1S/C13H22N2O2/c1-8-6-15(7-9(2)17-8)13-11-4-3-10(5-11)12(13)14-16/h8-11,13,16H,3-7H2,1-2H3/b14-12+/t8-,9-,10+,11-,13-/m1/s1. The first-order valence-electron chi connectivity index (χ1n) is 6.80. The molecule has 0 amide bonds. The first-order valence-corrected chi connectivity index (χ1v) is 6.80. The lowest BCUT2D eigenvalue weighted by Gasteiger charge is -2.41. The maximum absolute atomic E-state index is 9.25. The Morgan fingerprint density at radius 1 is 1.24 bits per heavy atom. The van der Waals surface area contributed by atoms with Crippen LogP contribution in [0.3, 0.4) is 0 Å². The second-order valence-electron chi connectivity index (χ2n) is 5.95. The lowest BCUT2D eigenvalue weighted by Crippen LogP contribution is -2.54. The summed E-state index contributed by atoms with van der Waals surface area (Å²) in [5.74, 6) is 1.26. The van der Waals surface area contributed by atoms with Crippen LogP contribution in [0.25, 0.3) is 0 Å². The van der Waals surface area contributed by atoms with E-state index >= 15 is 0 Å². The summed E-state index contributed by atoms with van der Waals surface area (Å²) < 4.78 is 5.78. The molecular formula is C13H22N2O2. The van der Waals surface area contributed by atoms with Crippen LogP contribution in [0.15, 0.2) is 5.16 Å². The highest BCUT2D eigenvalue weighted by Gasteiger charge is 2.49. The Labute approximate surface area is 103 Å². The molecule has 2 aliphatic carbocycles. The van der Waals surface area contributed by atoms with E-state index in [1.807, 2.05) is 0 Å². The van der Waals surface area contributed by atoms with Gasteiger partial charge >= 0.3 is 0 Å². The first-order chi connectivity index (χ1) is 8.19. The Morgan fingerprint density at radius 3 is 2.59 bits per heavy atom. The molecular weight excluding hydrogens is 216 g/mol. The number of rotatable bonds is 1. The van der Waals surface area contributed by atoms with E-state index in [9.17, 15) is 5.21 Å². The monoisotopic (exact) mass is 238 g/mol. The van der Waals surface area contributed by atoms with E-state index in [1.54, 1.807) is 0 Å². The third-order valence-corrected chi connectivity index (χ3v) is 4.60. The van der Waals surface area contributed by atoms with Crippen LogP contribution < -0.4 is 0 Å². The highest BCUT2D eigenvalue weighted by Crippen LogP contribution is 2.45. The molecule has 0 aromatic rings. The number of morpholine rings is 1. The zero-order chi connectivity index (χ0) is 12.0.